The molecule has 2 aromatic carbocycles. The van der Waals surface area contributed by atoms with Gasteiger partial charge in [-0.15, -0.1) is 0 Å². The van der Waals surface area contributed by atoms with Gasteiger partial charge in [0.1, 0.15) is 17.2 Å². The van der Waals surface area contributed by atoms with Gasteiger partial charge in [0, 0.05) is 11.6 Å². The van der Waals surface area contributed by atoms with Gasteiger partial charge in [-0.05, 0) is 36.3 Å². The van der Waals surface area contributed by atoms with Crippen molar-refractivity contribution in [2.45, 2.75) is 25.6 Å². The maximum Gasteiger partial charge on any atom is 0.430 e. The van der Waals surface area contributed by atoms with Crippen LogP contribution in [0.25, 0.3) is 6.08 Å². The Labute approximate surface area is 157 Å². The summed E-state index contributed by atoms with van der Waals surface area (Å²) < 4.78 is 50.0. The monoisotopic (exact) mass is 398 g/mol. The molecule has 2 aromatic rings. The molecule has 1 aliphatic rings. The van der Waals surface area contributed by atoms with Crippen molar-refractivity contribution in [2.24, 2.45) is 0 Å². The molecule has 1 atom stereocenters. The number of rotatable bonds is 4. The molecule has 0 saturated carbocycles. The summed E-state index contributed by atoms with van der Waals surface area (Å²) in [6.45, 7) is 2.00. The molecular formula is C19H14ClF3O4. The smallest absolute Gasteiger partial charge is 0.430 e. The highest BCUT2D eigenvalue weighted by Crippen LogP contribution is 2.42. The molecule has 0 radical (unpaired) electrons. The van der Waals surface area contributed by atoms with Crippen molar-refractivity contribution in [3.63, 3.8) is 0 Å². The molecule has 0 spiro atoms. The lowest BCUT2D eigenvalue weighted by Crippen LogP contribution is -2.40. The second kappa shape index (κ2) is 7.15. The van der Waals surface area contributed by atoms with Crippen LogP contribution in [-0.2, 0) is 11.2 Å². The molecule has 0 saturated heterocycles. The zero-order chi connectivity index (χ0) is 19.8. The van der Waals surface area contributed by atoms with E-state index in [1.807, 2.05) is 19.1 Å². The van der Waals surface area contributed by atoms with E-state index in [4.69, 9.17) is 26.2 Å². The average molecular weight is 399 g/mol. The first-order valence-electron chi connectivity index (χ1n) is 7.97. The van der Waals surface area contributed by atoms with Crippen LogP contribution in [0.1, 0.15) is 18.1 Å². The Morgan fingerprint density at radius 2 is 1.93 bits per heavy atom. The highest BCUT2D eigenvalue weighted by Gasteiger charge is 2.48. The second-order valence-corrected chi connectivity index (χ2v) is 6.27. The maximum atomic E-state index is 13.2. The summed E-state index contributed by atoms with van der Waals surface area (Å²) in [5.74, 6) is -1.31. The lowest BCUT2D eigenvalue weighted by molar-refractivity contribution is -0.187. The zero-order valence-electron chi connectivity index (χ0n) is 14.0. The fraction of sp³-hybridized carbons (Fsp3) is 0.211. The van der Waals surface area contributed by atoms with Gasteiger partial charge in [-0.25, -0.2) is 4.79 Å². The number of carboxylic acid groups (broad SMARTS) is 1. The summed E-state index contributed by atoms with van der Waals surface area (Å²) in [7, 11) is 0. The molecule has 0 amide bonds. The third-order valence-electron chi connectivity index (χ3n) is 4.01. The molecule has 0 aromatic heterocycles. The molecule has 1 heterocycles. The van der Waals surface area contributed by atoms with E-state index in [0.29, 0.717) is 5.75 Å². The standard InChI is InChI=1S/C19H14ClF3O4/c1-2-10-3-5-12(6-4-10)26-16-9-15-11(8-14(16)20)7-13(18(24)25)17(27-15)19(21,22)23/h3-9,17H,2H2,1H3,(H,24,25)/t17-/m0/s1. The number of hydrogen-bond acceptors (Lipinski definition) is 3. The first-order chi connectivity index (χ1) is 12.7. The van der Waals surface area contributed by atoms with Crippen LogP contribution in [0.3, 0.4) is 0 Å². The molecule has 27 heavy (non-hydrogen) atoms. The van der Waals surface area contributed by atoms with Crippen molar-refractivity contribution in [3.8, 4) is 17.2 Å². The minimum absolute atomic E-state index is 0.104. The molecule has 0 unspecified atom stereocenters. The lowest BCUT2D eigenvalue weighted by atomic mass is 10.0. The Bertz CT molecular complexity index is 904. The summed E-state index contributed by atoms with van der Waals surface area (Å²) in [4.78, 5) is 11.2. The second-order valence-electron chi connectivity index (χ2n) is 5.86. The number of halogens is 4. The van der Waals surface area contributed by atoms with Gasteiger partial charge in [-0.3, -0.25) is 0 Å². The van der Waals surface area contributed by atoms with Crippen molar-refractivity contribution in [1.29, 1.82) is 0 Å². The molecule has 8 heteroatoms. The normalized spacial score (nSPS) is 16.2. The van der Waals surface area contributed by atoms with Crippen molar-refractivity contribution < 1.29 is 32.5 Å². The third kappa shape index (κ3) is 4.03. The molecule has 142 valence electrons. The number of ether oxygens (including phenoxy) is 2. The average Bonchev–Trinajstić information content (AvgIpc) is 2.61. The fourth-order valence-corrected chi connectivity index (χ4v) is 2.82. The van der Waals surface area contributed by atoms with E-state index in [1.54, 1.807) is 12.1 Å². The quantitative estimate of drug-likeness (QED) is 0.740. The zero-order valence-corrected chi connectivity index (χ0v) is 14.8. The first-order valence-corrected chi connectivity index (χ1v) is 8.35. The number of aryl methyl sites for hydroxylation is 1. The topological polar surface area (TPSA) is 55.8 Å². The van der Waals surface area contributed by atoms with Crippen molar-refractivity contribution in [2.75, 3.05) is 0 Å². The predicted molar refractivity (Wildman–Crippen MR) is 93.4 cm³/mol. The van der Waals surface area contributed by atoms with Gasteiger partial charge >= 0.3 is 12.1 Å². The number of benzene rings is 2. The van der Waals surface area contributed by atoms with Gasteiger partial charge in [-0.2, -0.15) is 13.2 Å². The Hall–Kier alpha value is -2.67. The van der Waals surface area contributed by atoms with E-state index >= 15 is 0 Å². The number of aliphatic carboxylic acids is 1. The number of carboxylic acids is 1. The van der Waals surface area contributed by atoms with E-state index in [9.17, 15) is 18.0 Å². The van der Waals surface area contributed by atoms with Crippen LogP contribution in [0.15, 0.2) is 42.0 Å². The summed E-state index contributed by atoms with van der Waals surface area (Å²) in [6.07, 6.45) is -5.69. The van der Waals surface area contributed by atoms with Gasteiger partial charge in [0.25, 0.3) is 0 Å². The van der Waals surface area contributed by atoms with Crippen LogP contribution in [0.5, 0.6) is 17.2 Å². The van der Waals surface area contributed by atoms with E-state index < -0.39 is 23.8 Å². The van der Waals surface area contributed by atoms with Crippen LogP contribution < -0.4 is 9.47 Å². The summed E-state index contributed by atoms with van der Waals surface area (Å²) >= 11 is 6.14. The number of fused-ring (bicyclic) bond motifs is 1. The molecule has 3 rings (SSSR count). The van der Waals surface area contributed by atoms with Crippen LogP contribution in [0.4, 0.5) is 13.2 Å². The molecule has 0 aliphatic carbocycles. The number of hydrogen-bond donors (Lipinski definition) is 1. The van der Waals surface area contributed by atoms with Gasteiger partial charge < -0.3 is 14.6 Å². The van der Waals surface area contributed by atoms with Gasteiger partial charge in [0.15, 0.2) is 0 Å². The van der Waals surface area contributed by atoms with Crippen LogP contribution in [-0.4, -0.2) is 23.4 Å². The van der Waals surface area contributed by atoms with Crippen molar-refractivity contribution in [3.05, 3.63) is 58.1 Å². The fourth-order valence-electron chi connectivity index (χ4n) is 2.61. The van der Waals surface area contributed by atoms with E-state index in [0.717, 1.165) is 18.1 Å². The third-order valence-corrected chi connectivity index (χ3v) is 4.30. The van der Waals surface area contributed by atoms with E-state index in [1.165, 1.54) is 12.1 Å². The first kappa shape index (κ1) is 19.1. The Morgan fingerprint density at radius 3 is 2.48 bits per heavy atom. The Kier molecular flexibility index (Phi) is 5.06. The molecule has 0 fully saturated rings. The Morgan fingerprint density at radius 1 is 1.26 bits per heavy atom. The van der Waals surface area contributed by atoms with Gasteiger partial charge in [-0.1, -0.05) is 30.7 Å². The molecular weight excluding hydrogens is 385 g/mol. The van der Waals surface area contributed by atoms with Crippen LogP contribution in [0, 0.1) is 0 Å². The van der Waals surface area contributed by atoms with Gasteiger partial charge in [0.2, 0.25) is 6.10 Å². The SMILES string of the molecule is CCc1ccc(Oc2cc3c(cc2Cl)C=C(C(=O)O)[C@@H](C(F)(F)F)O3)cc1. The summed E-state index contributed by atoms with van der Waals surface area (Å²) in [5.41, 5.74) is 0.322. The highest BCUT2D eigenvalue weighted by atomic mass is 35.5. The summed E-state index contributed by atoms with van der Waals surface area (Å²) in [6, 6.07) is 9.69. The van der Waals surface area contributed by atoms with Gasteiger partial charge in [0.05, 0.1) is 10.6 Å². The highest BCUT2D eigenvalue weighted by molar-refractivity contribution is 6.32. The Balaban J connectivity index is 1.97. The molecule has 0 bridgehead atoms. The van der Waals surface area contributed by atoms with Crippen molar-refractivity contribution in [1.82, 2.24) is 0 Å². The predicted octanol–water partition coefficient (Wildman–Crippen LogP) is 5.49. The summed E-state index contributed by atoms with van der Waals surface area (Å²) in [5, 5.41) is 9.17. The van der Waals surface area contributed by atoms with E-state index in [-0.39, 0.29) is 22.1 Å². The maximum absolute atomic E-state index is 13.2. The van der Waals surface area contributed by atoms with Crippen LogP contribution in [0.2, 0.25) is 5.02 Å². The van der Waals surface area contributed by atoms with Crippen LogP contribution >= 0.6 is 11.6 Å². The lowest BCUT2D eigenvalue weighted by Gasteiger charge is -2.27. The van der Waals surface area contributed by atoms with E-state index in [2.05, 4.69) is 0 Å². The van der Waals surface area contributed by atoms with Crippen molar-refractivity contribution >= 4 is 23.6 Å². The largest absolute Gasteiger partial charge is 0.478 e. The molecule has 4 nitrogen and oxygen atoms in total. The number of carbonyl (C=O) groups is 1. The molecule has 1 aliphatic heterocycles. The minimum atomic E-state index is -4.88. The minimum Gasteiger partial charge on any atom is -0.478 e. The number of alkyl halides is 3. The molecule has 1 N–H and O–H groups in total.